The first kappa shape index (κ1) is 17.4. The van der Waals surface area contributed by atoms with Gasteiger partial charge in [0.2, 0.25) is 5.91 Å². The number of aliphatic hydroxyl groups is 1. The summed E-state index contributed by atoms with van der Waals surface area (Å²) in [6, 6.07) is 6.52. The highest BCUT2D eigenvalue weighted by molar-refractivity contribution is 5.89. The molecule has 0 aromatic heterocycles. The number of amides is 1. The highest BCUT2D eigenvalue weighted by Crippen LogP contribution is 2.45. The van der Waals surface area contributed by atoms with Crippen LogP contribution in [0.1, 0.15) is 38.7 Å². The van der Waals surface area contributed by atoms with Gasteiger partial charge in [-0.25, -0.2) is 4.39 Å². The number of carbonyl (C=O) groups is 1. The summed E-state index contributed by atoms with van der Waals surface area (Å²) in [5.74, 6) is -0.135. The highest BCUT2D eigenvalue weighted by atomic mass is 19.1. The van der Waals surface area contributed by atoms with Crippen molar-refractivity contribution in [1.29, 1.82) is 0 Å². The zero-order valence-electron chi connectivity index (χ0n) is 14.6. The van der Waals surface area contributed by atoms with Crippen molar-refractivity contribution in [1.82, 2.24) is 9.80 Å². The van der Waals surface area contributed by atoms with E-state index in [0.717, 1.165) is 37.9 Å². The molecular formula is C19H27FN2O2. The maximum absolute atomic E-state index is 13.6. The maximum Gasteiger partial charge on any atom is 0.233 e. The van der Waals surface area contributed by atoms with Crippen molar-refractivity contribution in [2.45, 2.75) is 44.1 Å². The fourth-order valence-corrected chi connectivity index (χ4v) is 3.90. The summed E-state index contributed by atoms with van der Waals surface area (Å²) in [4.78, 5) is 17.3. The molecule has 4 nitrogen and oxygen atoms in total. The Labute approximate surface area is 143 Å². The molecular weight excluding hydrogens is 307 g/mol. The molecule has 0 atom stereocenters. The van der Waals surface area contributed by atoms with Gasteiger partial charge in [-0.15, -0.1) is 0 Å². The number of piperazine rings is 1. The molecule has 1 N–H and O–H groups in total. The molecule has 1 aromatic rings. The molecule has 1 amide bonds. The topological polar surface area (TPSA) is 43.8 Å². The van der Waals surface area contributed by atoms with Gasteiger partial charge < -0.3 is 10.0 Å². The standard InChI is InChI=1S/C19H27FN2O2/c1-18(2,24)14-21-9-11-22(12-10-21)17(23)19(7-4-8-19)15-5-3-6-16(20)13-15/h3,5-6,13,24H,4,7-12,14H2,1-2H3. The zero-order valence-corrected chi connectivity index (χ0v) is 14.6. The van der Waals surface area contributed by atoms with Crippen molar-refractivity contribution in [3.05, 3.63) is 35.6 Å². The van der Waals surface area contributed by atoms with E-state index in [9.17, 15) is 14.3 Å². The quantitative estimate of drug-likeness (QED) is 0.918. The summed E-state index contributed by atoms with van der Waals surface area (Å²) in [5, 5.41) is 9.94. The first-order chi connectivity index (χ1) is 11.3. The fourth-order valence-electron chi connectivity index (χ4n) is 3.90. The Bertz CT molecular complexity index is 600. The third-order valence-corrected chi connectivity index (χ3v) is 5.26. The van der Waals surface area contributed by atoms with Crippen LogP contribution in [0.15, 0.2) is 24.3 Å². The second-order valence-electron chi connectivity index (χ2n) is 7.83. The minimum absolute atomic E-state index is 0.141. The number of hydrogen-bond acceptors (Lipinski definition) is 3. The molecule has 1 heterocycles. The van der Waals surface area contributed by atoms with Gasteiger partial charge in [0, 0.05) is 32.7 Å². The van der Waals surface area contributed by atoms with Gasteiger partial charge in [0.05, 0.1) is 11.0 Å². The number of hydrogen-bond donors (Lipinski definition) is 1. The monoisotopic (exact) mass is 334 g/mol. The molecule has 0 spiro atoms. The van der Waals surface area contributed by atoms with Crippen molar-refractivity contribution in [2.24, 2.45) is 0 Å². The highest BCUT2D eigenvalue weighted by Gasteiger charge is 2.48. The van der Waals surface area contributed by atoms with Crippen LogP contribution in [0.3, 0.4) is 0 Å². The van der Waals surface area contributed by atoms with Crippen LogP contribution < -0.4 is 0 Å². The molecule has 24 heavy (non-hydrogen) atoms. The Kier molecular flexibility index (Phi) is 4.67. The lowest BCUT2D eigenvalue weighted by atomic mass is 9.63. The second kappa shape index (κ2) is 6.45. The van der Waals surface area contributed by atoms with E-state index in [2.05, 4.69) is 4.90 Å². The first-order valence-corrected chi connectivity index (χ1v) is 8.80. The number of β-amino-alcohol motifs (C(OH)–C–C–N with tert-alkyl or cyclic N) is 1. The van der Waals surface area contributed by atoms with Crippen LogP contribution in [0.5, 0.6) is 0 Å². The molecule has 2 fully saturated rings. The van der Waals surface area contributed by atoms with Gasteiger partial charge in [0.25, 0.3) is 0 Å². The first-order valence-electron chi connectivity index (χ1n) is 8.80. The maximum atomic E-state index is 13.6. The number of carbonyl (C=O) groups excluding carboxylic acids is 1. The van der Waals surface area contributed by atoms with Crippen molar-refractivity contribution in [3.63, 3.8) is 0 Å². The van der Waals surface area contributed by atoms with Crippen LogP contribution in [0.4, 0.5) is 4.39 Å². The molecule has 1 aromatic carbocycles. The lowest BCUT2D eigenvalue weighted by Crippen LogP contribution is -2.57. The number of benzene rings is 1. The van der Waals surface area contributed by atoms with E-state index in [1.54, 1.807) is 19.9 Å². The molecule has 132 valence electrons. The van der Waals surface area contributed by atoms with Gasteiger partial charge in [-0.1, -0.05) is 18.6 Å². The smallest absolute Gasteiger partial charge is 0.233 e. The lowest BCUT2D eigenvalue weighted by Gasteiger charge is -2.46. The SMILES string of the molecule is CC(C)(O)CN1CCN(C(=O)C2(c3cccc(F)c3)CCC2)CC1. The Balaban J connectivity index is 1.68. The largest absolute Gasteiger partial charge is 0.389 e. The molecule has 3 rings (SSSR count). The summed E-state index contributed by atoms with van der Waals surface area (Å²) in [6.45, 7) is 7.11. The van der Waals surface area contributed by atoms with Crippen molar-refractivity contribution < 1.29 is 14.3 Å². The van der Waals surface area contributed by atoms with E-state index in [1.165, 1.54) is 12.1 Å². The van der Waals surface area contributed by atoms with Gasteiger partial charge in [-0.2, -0.15) is 0 Å². The van der Waals surface area contributed by atoms with Crippen molar-refractivity contribution in [3.8, 4) is 0 Å². The van der Waals surface area contributed by atoms with Crippen LogP contribution in [0, 0.1) is 5.82 Å². The number of nitrogens with zero attached hydrogens (tertiary/aromatic N) is 2. The molecule has 0 unspecified atom stereocenters. The van der Waals surface area contributed by atoms with Crippen LogP contribution in [0.2, 0.25) is 0 Å². The summed E-state index contributed by atoms with van der Waals surface area (Å²) in [5.41, 5.74) is -0.429. The van der Waals surface area contributed by atoms with E-state index in [1.807, 2.05) is 11.0 Å². The fraction of sp³-hybridized carbons (Fsp3) is 0.632. The predicted octanol–water partition coefficient (Wildman–Crippen LogP) is 2.16. The van der Waals surface area contributed by atoms with Gasteiger partial charge in [-0.3, -0.25) is 9.69 Å². The summed E-state index contributed by atoms with van der Waals surface area (Å²) in [6.07, 6.45) is 2.62. The lowest BCUT2D eigenvalue weighted by molar-refractivity contribution is -0.143. The van der Waals surface area contributed by atoms with Gasteiger partial charge in [0.15, 0.2) is 0 Å². The molecule has 1 saturated heterocycles. The third kappa shape index (κ3) is 3.47. The van der Waals surface area contributed by atoms with Crippen LogP contribution in [0.25, 0.3) is 0 Å². The molecule has 1 aliphatic carbocycles. The van der Waals surface area contributed by atoms with E-state index in [4.69, 9.17) is 0 Å². The van der Waals surface area contributed by atoms with Crippen LogP contribution in [-0.4, -0.2) is 59.1 Å². The Morgan fingerprint density at radius 1 is 1.25 bits per heavy atom. The predicted molar refractivity (Wildman–Crippen MR) is 91.2 cm³/mol. The average Bonchev–Trinajstić information content (AvgIpc) is 2.45. The molecule has 1 aliphatic heterocycles. The minimum atomic E-state index is -0.719. The summed E-state index contributed by atoms with van der Waals surface area (Å²) in [7, 11) is 0. The Morgan fingerprint density at radius 2 is 1.92 bits per heavy atom. The van der Waals surface area contributed by atoms with E-state index >= 15 is 0 Å². The zero-order chi connectivity index (χ0) is 17.4. The van der Waals surface area contributed by atoms with E-state index < -0.39 is 11.0 Å². The minimum Gasteiger partial charge on any atom is -0.389 e. The van der Waals surface area contributed by atoms with E-state index in [-0.39, 0.29) is 11.7 Å². The van der Waals surface area contributed by atoms with Crippen molar-refractivity contribution in [2.75, 3.05) is 32.7 Å². The summed E-state index contributed by atoms with van der Waals surface area (Å²) >= 11 is 0. The molecule has 0 radical (unpaired) electrons. The van der Waals surface area contributed by atoms with Crippen molar-refractivity contribution >= 4 is 5.91 Å². The third-order valence-electron chi connectivity index (χ3n) is 5.26. The van der Waals surface area contributed by atoms with Crippen LogP contribution in [-0.2, 0) is 10.2 Å². The van der Waals surface area contributed by atoms with Crippen LogP contribution >= 0.6 is 0 Å². The molecule has 1 saturated carbocycles. The number of halogens is 1. The average molecular weight is 334 g/mol. The Morgan fingerprint density at radius 3 is 2.42 bits per heavy atom. The normalized spacial score (nSPS) is 21.4. The van der Waals surface area contributed by atoms with Gasteiger partial charge >= 0.3 is 0 Å². The molecule has 5 heteroatoms. The number of rotatable bonds is 4. The Hall–Kier alpha value is -1.46. The molecule has 2 aliphatic rings. The van der Waals surface area contributed by atoms with Gasteiger partial charge in [0.1, 0.15) is 5.82 Å². The summed E-state index contributed by atoms with van der Waals surface area (Å²) < 4.78 is 13.6. The molecule has 0 bridgehead atoms. The van der Waals surface area contributed by atoms with E-state index in [0.29, 0.717) is 19.6 Å². The second-order valence-corrected chi connectivity index (χ2v) is 7.83. The van der Waals surface area contributed by atoms with Gasteiger partial charge in [-0.05, 0) is 44.4 Å².